The molecule has 0 aromatic carbocycles. The van der Waals surface area contributed by atoms with Gasteiger partial charge in [-0.1, -0.05) is 11.6 Å². The molecule has 0 fully saturated rings. The summed E-state index contributed by atoms with van der Waals surface area (Å²) in [6, 6.07) is 0.299. The Balaban J connectivity index is 1.82. The molecule has 2 rings (SSSR count). The van der Waals surface area contributed by atoms with E-state index in [0.29, 0.717) is 16.9 Å². The van der Waals surface area contributed by atoms with E-state index in [2.05, 4.69) is 25.3 Å². The van der Waals surface area contributed by atoms with E-state index in [9.17, 15) is 0 Å². The van der Waals surface area contributed by atoms with Crippen LogP contribution in [0, 0.1) is 0 Å². The summed E-state index contributed by atoms with van der Waals surface area (Å²) in [5.41, 5.74) is 0. The van der Waals surface area contributed by atoms with E-state index in [1.807, 2.05) is 6.20 Å². The lowest BCUT2D eigenvalue weighted by atomic mass is 10.3. The zero-order valence-electron chi connectivity index (χ0n) is 9.98. The third-order valence-electron chi connectivity index (χ3n) is 2.34. The number of aromatic amines is 1. The van der Waals surface area contributed by atoms with Crippen molar-refractivity contribution < 1.29 is 4.74 Å². The Morgan fingerprint density at radius 1 is 1.44 bits per heavy atom. The lowest BCUT2D eigenvalue weighted by Crippen LogP contribution is -2.07. The minimum atomic E-state index is 0.299. The highest BCUT2D eigenvalue weighted by Crippen LogP contribution is 2.19. The topological polar surface area (TPSA) is 75.7 Å². The standard InChI is InChI=1S/C11H14ClN5O/c1-18-11-16-7-8(12)10(17-11)15-4-2-3-9-13-5-6-14-9/h5-7H,2-4H2,1H3,(H,13,14)(H,15,16,17). The lowest BCUT2D eigenvalue weighted by molar-refractivity contribution is 0.380. The molecule has 0 atom stereocenters. The monoisotopic (exact) mass is 267 g/mol. The molecule has 0 bridgehead atoms. The number of aromatic nitrogens is 4. The highest BCUT2D eigenvalue weighted by Gasteiger charge is 2.04. The Labute approximate surface area is 110 Å². The first-order chi connectivity index (χ1) is 8.79. The van der Waals surface area contributed by atoms with Gasteiger partial charge < -0.3 is 15.0 Å². The Kier molecular flexibility index (Phi) is 4.35. The van der Waals surface area contributed by atoms with Crippen LogP contribution in [0.5, 0.6) is 6.01 Å². The van der Waals surface area contributed by atoms with E-state index < -0.39 is 0 Å². The predicted octanol–water partition coefficient (Wildman–Crippen LogP) is 1.91. The number of aryl methyl sites for hydroxylation is 1. The highest BCUT2D eigenvalue weighted by atomic mass is 35.5. The average Bonchev–Trinajstić information content (AvgIpc) is 2.89. The molecule has 2 heterocycles. The first kappa shape index (κ1) is 12.6. The summed E-state index contributed by atoms with van der Waals surface area (Å²) in [6.45, 7) is 0.751. The van der Waals surface area contributed by atoms with Crippen LogP contribution in [-0.4, -0.2) is 33.6 Å². The maximum Gasteiger partial charge on any atom is 0.318 e. The van der Waals surface area contributed by atoms with Crippen LogP contribution in [0.4, 0.5) is 5.82 Å². The summed E-state index contributed by atoms with van der Waals surface area (Å²) in [6.07, 6.45) is 6.88. The number of nitrogens with one attached hydrogen (secondary N) is 2. The molecule has 18 heavy (non-hydrogen) atoms. The van der Waals surface area contributed by atoms with Gasteiger partial charge in [0.1, 0.15) is 10.8 Å². The molecule has 2 aromatic heterocycles. The molecule has 0 unspecified atom stereocenters. The third-order valence-corrected chi connectivity index (χ3v) is 2.62. The Morgan fingerprint density at radius 3 is 3.06 bits per heavy atom. The molecule has 0 saturated heterocycles. The summed E-state index contributed by atoms with van der Waals surface area (Å²) >= 11 is 5.97. The van der Waals surface area contributed by atoms with Gasteiger partial charge in [-0.3, -0.25) is 0 Å². The van der Waals surface area contributed by atoms with Gasteiger partial charge in [-0.2, -0.15) is 4.98 Å². The normalized spacial score (nSPS) is 10.3. The zero-order valence-corrected chi connectivity index (χ0v) is 10.7. The van der Waals surface area contributed by atoms with Gasteiger partial charge in [0.15, 0.2) is 5.82 Å². The van der Waals surface area contributed by atoms with E-state index in [1.165, 1.54) is 13.3 Å². The van der Waals surface area contributed by atoms with Crippen molar-refractivity contribution >= 4 is 17.4 Å². The van der Waals surface area contributed by atoms with Crippen molar-refractivity contribution in [3.8, 4) is 6.01 Å². The predicted molar refractivity (Wildman–Crippen MR) is 69.0 cm³/mol. The number of rotatable bonds is 6. The second-order valence-electron chi connectivity index (χ2n) is 3.62. The Hall–Kier alpha value is -1.82. The molecule has 0 amide bonds. The van der Waals surface area contributed by atoms with Crippen LogP contribution in [-0.2, 0) is 6.42 Å². The van der Waals surface area contributed by atoms with Gasteiger partial charge in [0.25, 0.3) is 0 Å². The van der Waals surface area contributed by atoms with E-state index in [-0.39, 0.29) is 0 Å². The fourth-order valence-electron chi connectivity index (χ4n) is 1.47. The summed E-state index contributed by atoms with van der Waals surface area (Å²) in [5, 5.41) is 3.63. The van der Waals surface area contributed by atoms with Crippen molar-refractivity contribution in [1.82, 2.24) is 19.9 Å². The van der Waals surface area contributed by atoms with Crippen molar-refractivity contribution in [2.75, 3.05) is 19.0 Å². The number of ether oxygens (including phenoxy) is 1. The first-order valence-corrected chi connectivity index (χ1v) is 5.96. The van der Waals surface area contributed by atoms with Crippen LogP contribution >= 0.6 is 11.6 Å². The summed E-state index contributed by atoms with van der Waals surface area (Å²) in [5.74, 6) is 1.56. The molecule has 0 spiro atoms. The van der Waals surface area contributed by atoms with Crippen molar-refractivity contribution in [1.29, 1.82) is 0 Å². The average molecular weight is 268 g/mol. The molecule has 0 radical (unpaired) electrons. The van der Waals surface area contributed by atoms with E-state index in [1.54, 1.807) is 6.20 Å². The van der Waals surface area contributed by atoms with Crippen LogP contribution in [0.15, 0.2) is 18.6 Å². The molecule has 2 aromatic rings. The van der Waals surface area contributed by atoms with Gasteiger partial charge >= 0.3 is 6.01 Å². The molecular formula is C11H14ClN5O. The number of H-pyrrole nitrogens is 1. The van der Waals surface area contributed by atoms with Crippen molar-refractivity contribution in [3.63, 3.8) is 0 Å². The molecule has 0 aliphatic heterocycles. The maximum absolute atomic E-state index is 5.97. The second kappa shape index (κ2) is 6.20. The zero-order chi connectivity index (χ0) is 12.8. The first-order valence-electron chi connectivity index (χ1n) is 5.58. The summed E-state index contributed by atoms with van der Waals surface area (Å²) in [7, 11) is 1.52. The van der Waals surface area contributed by atoms with Gasteiger partial charge in [-0.15, -0.1) is 0 Å². The van der Waals surface area contributed by atoms with Crippen LogP contribution in [0.25, 0.3) is 0 Å². The van der Waals surface area contributed by atoms with Gasteiger partial charge in [0.2, 0.25) is 0 Å². The van der Waals surface area contributed by atoms with Crippen molar-refractivity contribution in [2.45, 2.75) is 12.8 Å². The van der Waals surface area contributed by atoms with E-state index in [4.69, 9.17) is 16.3 Å². The molecule has 7 heteroatoms. The quantitative estimate of drug-likeness (QED) is 0.782. The summed E-state index contributed by atoms with van der Waals surface area (Å²) < 4.78 is 4.94. The van der Waals surface area contributed by atoms with Crippen LogP contribution in [0.3, 0.4) is 0 Å². The number of imidazole rings is 1. The SMILES string of the molecule is COc1ncc(Cl)c(NCCCc2ncc[nH]2)n1. The third kappa shape index (κ3) is 3.33. The largest absolute Gasteiger partial charge is 0.467 e. The minimum absolute atomic E-state index is 0.299. The number of hydrogen-bond acceptors (Lipinski definition) is 5. The molecular weight excluding hydrogens is 254 g/mol. The van der Waals surface area contributed by atoms with Crippen molar-refractivity contribution in [3.05, 3.63) is 29.4 Å². The van der Waals surface area contributed by atoms with Gasteiger partial charge in [0.05, 0.1) is 13.3 Å². The minimum Gasteiger partial charge on any atom is -0.467 e. The van der Waals surface area contributed by atoms with Gasteiger partial charge in [0, 0.05) is 25.4 Å². The molecule has 0 aliphatic rings. The Bertz CT molecular complexity index is 488. The summed E-state index contributed by atoms with van der Waals surface area (Å²) in [4.78, 5) is 15.2. The number of hydrogen-bond donors (Lipinski definition) is 2. The molecule has 96 valence electrons. The maximum atomic E-state index is 5.97. The Morgan fingerprint density at radius 2 is 2.33 bits per heavy atom. The van der Waals surface area contributed by atoms with Crippen LogP contribution < -0.4 is 10.1 Å². The van der Waals surface area contributed by atoms with Crippen molar-refractivity contribution in [2.24, 2.45) is 0 Å². The molecule has 2 N–H and O–H groups in total. The number of nitrogens with zero attached hydrogens (tertiary/aromatic N) is 3. The highest BCUT2D eigenvalue weighted by molar-refractivity contribution is 6.32. The molecule has 0 saturated carbocycles. The smallest absolute Gasteiger partial charge is 0.318 e. The fraction of sp³-hybridized carbons (Fsp3) is 0.364. The number of halogens is 1. The van der Waals surface area contributed by atoms with Gasteiger partial charge in [-0.25, -0.2) is 9.97 Å². The van der Waals surface area contributed by atoms with E-state index in [0.717, 1.165) is 25.2 Å². The fourth-order valence-corrected chi connectivity index (χ4v) is 1.63. The molecule has 0 aliphatic carbocycles. The van der Waals surface area contributed by atoms with E-state index >= 15 is 0 Å². The second-order valence-corrected chi connectivity index (χ2v) is 4.03. The number of methoxy groups -OCH3 is 1. The number of anilines is 1. The van der Waals surface area contributed by atoms with Gasteiger partial charge in [-0.05, 0) is 6.42 Å². The lowest BCUT2D eigenvalue weighted by Gasteiger charge is -2.07. The molecule has 6 nitrogen and oxygen atoms in total. The van der Waals surface area contributed by atoms with Crippen LogP contribution in [0.2, 0.25) is 5.02 Å². The van der Waals surface area contributed by atoms with Crippen LogP contribution in [0.1, 0.15) is 12.2 Å².